The lowest BCUT2D eigenvalue weighted by molar-refractivity contribution is -0.198. The molecule has 0 saturated carbocycles. The molecule has 0 radical (unpaired) electrons. The Labute approximate surface area is 201 Å². The van der Waals surface area contributed by atoms with Crippen molar-refractivity contribution in [3.8, 4) is 0 Å². The number of aryl methyl sites for hydroxylation is 1. The van der Waals surface area contributed by atoms with Crippen LogP contribution in [0.4, 0.5) is 0 Å². The summed E-state index contributed by atoms with van der Waals surface area (Å²) in [5.41, 5.74) is -2.63. The van der Waals surface area contributed by atoms with E-state index < -0.39 is 47.0 Å². The van der Waals surface area contributed by atoms with Crippen molar-refractivity contribution in [2.24, 2.45) is 0 Å². The van der Waals surface area contributed by atoms with Gasteiger partial charge in [0.25, 0.3) is 5.79 Å². The minimum absolute atomic E-state index is 0.0797. The van der Waals surface area contributed by atoms with Gasteiger partial charge in [0.1, 0.15) is 12.2 Å². The van der Waals surface area contributed by atoms with Crippen molar-refractivity contribution in [3.63, 3.8) is 0 Å². The molecule has 0 aliphatic carbocycles. The van der Waals surface area contributed by atoms with Gasteiger partial charge in [-0.15, -0.1) is 0 Å². The zero-order valence-electron chi connectivity index (χ0n) is 18.7. The van der Waals surface area contributed by atoms with Crippen LogP contribution in [0.1, 0.15) is 36.6 Å². The van der Waals surface area contributed by atoms with Crippen LogP contribution in [-0.4, -0.2) is 67.5 Å². The van der Waals surface area contributed by atoms with Crippen molar-refractivity contribution in [1.82, 2.24) is 0 Å². The molecule has 0 amide bonds. The van der Waals surface area contributed by atoms with E-state index in [-0.39, 0.29) is 16.7 Å². The van der Waals surface area contributed by atoms with Crippen LogP contribution < -0.4 is 0 Å². The van der Waals surface area contributed by atoms with Gasteiger partial charge in [-0.3, -0.25) is 14.4 Å². The van der Waals surface area contributed by atoms with Crippen LogP contribution in [0.2, 0.25) is 0 Å². The molecule has 180 valence electrons. The van der Waals surface area contributed by atoms with Gasteiger partial charge in [0, 0.05) is 16.7 Å². The molecule has 8 heteroatoms. The van der Waals surface area contributed by atoms with Crippen molar-refractivity contribution in [2.75, 3.05) is 0 Å². The highest BCUT2D eigenvalue weighted by molar-refractivity contribution is 6.09. The third kappa shape index (κ3) is 4.01. The molecular weight excluding hydrogens is 452 g/mol. The van der Waals surface area contributed by atoms with Crippen LogP contribution >= 0.6 is 0 Å². The average molecular weight is 476 g/mol. The van der Waals surface area contributed by atoms with Gasteiger partial charge >= 0.3 is 0 Å². The second-order valence-electron chi connectivity index (χ2n) is 8.48. The maximum absolute atomic E-state index is 13.4. The number of hydrogen-bond acceptors (Lipinski definition) is 8. The molecule has 1 saturated heterocycles. The van der Waals surface area contributed by atoms with E-state index in [1.807, 2.05) is 0 Å². The lowest BCUT2D eigenvalue weighted by atomic mass is 9.78. The highest BCUT2D eigenvalue weighted by Gasteiger charge is 2.71. The summed E-state index contributed by atoms with van der Waals surface area (Å²) in [4.78, 5) is 39.8. The summed E-state index contributed by atoms with van der Waals surface area (Å²) >= 11 is 0. The first kappa shape index (κ1) is 24.6. The third-order valence-electron chi connectivity index (χ3n) is 6.25. The molecule has 1 heterocycles. The first-order valence-corrected chi connectivity index (χ1v) is 10.9. The molecule has 3 aromatic carbocycles. The molecule has 1 aliphatic heterocycles. The van der Waals surface area contributed by atoms with E-state index in [0.29, 0.717) is 5.56 Å². The second-order valence-corrected chi connectivity index (χ2v) is 8.48. The second kappa shape index (κ2) is 9.26. The van der Waals surface area contributed by atoms with Gasteiger partial charge in [0.05, 0.1) is 0 Å². The van der Waals surface area contributed by atoms with Crippen molar-refractivity contribution < 1.29 is 39.5 Å². The van der Waals surface area contributed by atoms with E-state index in [4.69, 9.17) is 4.74 Å². The summed E-state index contributed by atoms with van der Waals surface area (Å²) < 4.78 is 5.39. The Morgan fingerprint density at radius 2 is 1.29 bits per heavy atom. The number of carbonyl (C=O) groups is 3. The smallest absolute Gasteiger partial charge is 0.262 e. The van der Waals surface area contributed by atoms with Gasteiger partial charge in [-0.25, -0.2) is 0 Å². The van der Waals surface area contributed by atoms with Crippen LogP contribution in [0.25, 0.3) is 0 Å². The predicted molar refractivity (Wildman–Crippen MR) is 124 cm³/mol. The Morgan fingerprint density at radius 3 is 1.83 bits per heavy atom. The molecular formula is C27H24O8. The zero-order chi connectivity index (χ0) is 25.4. The molecule has 0 spiro atoms. The van der Waals surface area contributed by atoms with Crippen molar-refractivity contribution in [2.45, 2.75) is 36.6 Å². The number of benzene rings is 3. The van der Waals surface area contributed by atoms with Crippen LogP contribution in [0, 0.1) is 6.92 Å². The maximum Gasteiger partial charge on any atom is 0.262 e. The summed E-state index contributed by atoms with van der Waals surface area (Å²) in [5, 5.41) is 44.8. The fraction of sp³-hybridized carbons (Fsp3) is 0.222. The number of hydrogen-bond donors (Lipinski definition) is 4. The lowest BCUT2D eigenvalue weighted by Gasteiger charge is -2.31. The van der Waals surface area contributed by atoms with Crippen LogP contribution in [0.3, 0.4) is 0 Å². The van der Waals surface area contributed by atoms with E-state index >= 15 is 0 Å². The normalized spacial score (nSPS) is 26.8. The monoisotopic (exact) mass is 476 g/mol. The van der Waals surface area contributed by atoms with Crippen molar-refractivity contribution >= 4 is 17.3 Å². The molecule has 2 unspecified atom stereocenters. The summed E-state index contributed by atoms with van der Waals surface area (Å²) in [7, 11) is 0. The van der Waals surface area contributed by atoms with Gasteiger partial charge < -0.3 is 25.2 Å². The standard InChI is InChI=1S/C27H24O8/c1-16-10-8-9-15-19(16)20(28)21(29)24-26(33,22(30)17-11-4-2-5-12-17)25(32)27(34,35-24)23(31)18-13-6-3-7-14-18/h2-15,21,24-25,29,32-34H,1H3/t21?,24-,25-,26-,27?/m1/s1. The Balaban J connectivity index is 1.82. The number of ether oxygens (including phenoxy) is 1. The van der Waals surface area contributed by atoms with Crippen molar-refractivity contribution in [1.29, 1.82) is 0 Å². The number of aliphatic hydroxyl groups is 4. The topological polar surface area (TPSA) is 141 Å². The third-order valence-corrected chi connectivity index (χ3v) is 6.25. The summed E-state index contributed by atoms with van der Waals surface area (Å²) in [6.07, 6.45) is -6.91. The lowest BCUT2D eigenvalue weighted by Crippen LogP contribution is -2.61. The van der Waals surface area contributed by atoms with Crippen molar-refractivity contribution in [3.05, 3.63) is 107 Å². The van der Waals surface area contributed by atoms with E-state index in [2.05, 4.69) is 0 Å². The molecule has 1 fully saturated rings. The molecule has 4 rings (SSSR count). The fourth-order valence-electron chi connectivity index (χ4n) is 4.30. The van der Waals surface area contributed by atoms with Gasteiger partial charge in [0.2, 0.25) is 5.78 Å². The largest absolute Gasteiger partial charge is 0.383 e. The average Bonchev–Trinajstić information content (AvgIpc) is 3.11. The first-order valence-electron chi connectivity index (χ1n) is 10.9. The van der Waals surface area contributed by atoms with Gasteiger partial charge in [-0.1, -0.05) is 84.9 Å². The number of Topliss-reactive ketones (excluding diaryl/α,β-unsaturated/α-hetero) is 3. The Bertz CT molecular complexity index is 1260. The SMILES string of the molecule is Cc1ccccc1C(=O)C(O)[C@H]1OC(O)(C(=O)c2ccccc2)[C@H](O)[C@@]1(O)C(=O)c1ccccc1. The van der Waals surface area contributed by atoms with Crippen LogP contribution in [-0.2, 0) is 4.74 Å². The zero-order valence-corrected chi connectivity index (χ0v) is 18.7. The summed E-state index contributed by atoms with van der Waals surface area (Å²) in [6.45, 7) is 1.63. The Hall–Kier alpha value is -3.53. The minimum Gasteiger partial charge on any atom is -0.383 e. The molecule has 5 atom stereocenters. The summed E-state index contributed by atoms with van der Waals surface area (Å²) in [5.74, 6) is -6.33. The minimum atomic E-state index is -3.13. The van der Waals surface area contributed by atoms with E-state index in [9.17, 15) is 34.8 Å². The van der Waals surface area contributed by atoms with Crippen LogP contribution in [0.15, 0.2) is 84.9 Å². The summed E-state index contributed by atoms with van der Waals surface area (Å²) in [6, 6.07) is 20.9. The highest BCUT2D eigenvalue weighted by atomic mass is 16.7. The molecule has 0 bridgehead atoms. The molecule has 4 N–H and O–H groups in total. The molecule has 3 aromatic rings. The number of ketones is 3. The van der Waals surface area contributed by atoms with Gasteiger partial charge in [-0.05, 0) is 12.5 Å². The molecule has 8 nitrogen and oxygen atoms in total. The molecule has 1 aliphatic rings. The maximum atomic E-state index is 13.4. The van der Waals surface area contributed by atoms with E-state index in [1.165, 1.54) is 54.6 Å². The van der Waals surface area contributed by atoms with Gasteiger partial charge in [0.15, 0.2) is 23.3 Å². The number of carbonyl (C=O) groups excluding carboxylic acids is 3. The highest BCUT2D eigenvalue weighted by Crippen LogP contribution is 2.43. The number of rotatable bonds is 7. The number of aliphatic hydroxyl groups excluding tert-OH is 2. The van der Waals surface area contributed by atoms with E-state index in [1.54, 1.807) is 37.3 Å². The fourth-order valence-corrected chi connectivity index (χ4v) is 4.30. The quantitative estimate of drug-likeness (QED) is 0.376. The predicted octanol–water partition coefficient (Wildman–Crippen LogP) is 1.48. The Morgan fingerprint density at radius 1 is 0.800 bits per heavy atom. The van der Waals surface area contributed by atoms with Gasteiger partial charge in [-0.2, -0.15) is 0 Å². The Kier molecular flexibility index (Phi) is 6.50. The van der Waals surface area contributed by atoms with E-state index in [0.717, 1.165) is 0 Å². The molecule has 35 heavy (non-hydrogen) atoms. The first-order chi connectivity index (χ1) is 16.6. The van der Waals surface area contributed by atoms with Crippen LogP contribution in [0.5, 0.6) is 0 Å². The molecule has 0 aromatic heterocycles.